The van der Waals surface area contributed by atoms with E-state index in [2.05, 4.69) is 29.4 Å². The molecule has 4 heteroatoms. The molecule has 134 valence electrons. The lowest BCUT2D eigenvalue weighted by Crippen LogP contribution is -2.38. The number of benzene rings is 2. The molecule has 4 nitrogen and oxygen atoms in total. The Morgan fingerprint density at radius 1 is 1.20 bits per heavy atom. The third kappa shape index (κ3) is 4.73. The summed E-state index contributed by atoms with van der Waals surface area (Å²) in [6, 6.07) is 14.0. The number of fused-ring (bicyclic) bond motifs is 1. The summed E-state index contributed by atoms with van der Waals surface area (Å²) in [7, 11) is 2.17. The molecule has 3 rings (SSSR count). The van der Waals surface area contributed by atoms with Gasteiger partial charge >= 0.3 is 0 Å². The summed E-state index contributed by atoms with van der Waals surface area (Å²) < 4.78 is 5.93. The molecule has 1 N–H and O–H groups in total. The third-order valence-corrected chi connectivity index (χ3v) is 5.11. The summed E-state index contributed by atoms with van der Waals surface area (Å²) in [6.07, 6.45) is 3.02. The second kappa shape index (κ2) is 8.34. The molecule has 0 spiro atoms. The van der Waals surface area contributed by atoms with E-state index in [0.717, 1.165) is 35.4 Å². The Morgan fingerprint density at radius 2 is 1.92 bits per heavy atom. The molecule has 0 bridgehead atoms. The lowest BCUT2D eigenvalue weighted by Gasteiger charge is -2.29. The average molecular weight is 340 g/mol. The molecule has 2 aromatic rings. The van der Waals surface area contributed by atoms with Crippen molar-refractivity contribution in [2.24, 2.45) is 5.92 Å². The van der Waals surface area contributed by atoms with Crippen LogP contribution in [0, 0.1) is 5.92 Å². The highest BCUT2D eigenvalue weighted by Gasteiger charge is 2.18. The van der Waals surface area contributed by atoms with E-state index in [9.17, 15) is 4.79 Å². The van der Waals surface area contributed by atoms with Crippen LogP contribution in [-0.2, 0) is 4.79 Å². The quantitative estimate of drug-likeness (QED) is 0.876. The molecule has 1 fully saturated rings. The van der Waals surface area contributed by atoms with Crippen molar-refractivity contribution < 1.29 is 9.53 Å². The van der Waals surface area contributed by atoms with Crippen LogP contribution in [0.4, 0.5) is 0 Å². The van der Waals surface area contributed by atoms with E-state index in [1.807, 2.05) is 37.3 Å². The molecular weight excluding hydrogens is 312 g/mol. The highest BCUT2D eigenvalue weighted by atomic mass is 16.5. The van der Waals surface area contributed by atoms with Crippen molar-refractivity contribution in [2.75, 3.05) is 26.7 Å². The molecule has 1 atom stereocenters. The van der Waals surface area contributed by atoms with E-state index in [1.54, 1.807) is 0 Å². The zero-order chi connectivity index (χ0) is 17.6. The first-order valence-corrected chi connectivity index (χ1v) is 9.24. The van der Waals surface area contributed by atoms with Crippen LogP contribution in [-0.4, -0.2) is 43.6 Å². The minimum absolute atomic E-state index is 0.0409. The van der Waals surface area contributed by atoms with Gasteiger partial charge in [0.25, 0.3) is 5.91 Å². The monoisotopic (exact) mass is 340 g/mol. The van der Waals surface area contributed by atoms with Crippen LogP contribution in [0.25, 0.3) is 10.8 Å². The largest absolute Gasteiger partial charge is 0.480 e. The maximum Gasteiger partial charge on any atom is 0.260 e. The molecule has 1 aliphatic heterocycles. The first kappa shape index (κ1) is 17.7. The maximum absolute atomic E-state index is 12.3. The molecule has 0 aromatic heterocycles. The van der Waals surface area contributed by atoms with Crippen LogP contribution in [0.2, 0.25) is 0 Å². The van der Waals surface area contributed by atoms with Gasteiger partial charge in [-0.05, 0) is 63.7 Å². The molecule has 1 unspecified atom stereocenters. The first-order chi connectivity index (χ1) is 12.1. The van der Waals surface area contributed by atoms with Crippen LogP contribution in [0.3, 0.4) is 0 Å². The Balaban J connectivity index is 1.49. The number of likely N-dealkylation sites (tertiary alicyclic amines) is 1. The zero-order valence-corrected chi connectivity index (χ0v) is 15.2. The fraction of sp³-hybridized carbons (Fsp3) is 0.476. The number of carbonyl (C=O) groups is 1. The minimum Gasteiger partial charge on any atom is -0.480 e. The van der Waals surface area contributed by atoms with Crippen molar-refractivity contribution in [3.8, 4) is 5.75 Å². The van der Waals surface area contributed by atoms with Gasteiger partial charge in [0.1, 0.15) is 5.75 Å². The van der Waals surface area contributed by atoms with Crippen molar-refractivity contribution >= 4 is 16.7 Å². The number of nitrogens with one attached hydrogen (secondary N) is 1. The van der Waals surface area contributed by atoms with E-state index >= 15 is 0 Å². The standard InChI is InChI=1S/C21H28N2O2/c1-16(21(24)22-13-10-17-11-14-23(2)15-12-17)25-20-9-5-7-18-6-3-4-8-19(18)20/h3-9,16-17H,10-15H2,1-2H3,(H,22,24). The molecule has 1 saturated heterocycles. The predicted octanol–water partition coefficient (Wildman–Crippen LogP) is 3.46. The summed E-state index contributed by atoms with van der Waals surface area (Å²) in [5, 5.41) is 5.19. The van der Waals surface area contributed by atoms with E-state index in [1.165, 1.54) is 25.9 Å². The van der Waals surface area contributed by atoms with Crippen molar-refractivity contribution in [3.63, 3.8) is 0 Å². The number of nitrogens with zero attached hydrogens (tertiary/aromatic N) is 1. The lowest BCUT2D eigenvalue weighted by molar-refractivity contribution is -0.127. The molecular formula is C21H28N2O2. The summed E-state index contributed by atoms with van der Waals surface area (Å²) in [5.74, 6) is 1.45. The van der Waals surface area contributed by atoms with E-state index in [-0.39, 0.29) is 5.91 Å². The average Bonchev–Trinajstić information content (AvgIpc) is 2.63. The van der Waals surface area contributed by atoms with Gasteiger partial charge in [-0.2, -0.15) is 0 Å². The molecule has 0 radical (unpaired) electrons. The number of ether oxygens (including phenoxy) is 1. The van der Waals surface area contributed by atoms with Crippen molar-refractivity contribution in [1.82, 2.24) is 10.2 Å². The summed E-state index contributed by atoms with van der Waals surface area (Å²) in [6.45, 7) is 4.88. The fourth-order valence-electron chi connectivity index (χ4n) is 3.44. The SMILES string of the molecule is CC(Oc1cccc2ccccc12)C(=O)NCCC1CCN(C)CC1. The van der Waals surface area contributed by atoms with E-state index < -0.39 is 6.10 Å². The summed E-state index contributed by atoms with van der Waals surface area (Å²) in [5.41, 5.74) is 0. The Labute approximate surface area is 150 Å². The Kier molecular flexibility index (Phi) is 5.92. The van der Waals surface area contributed by atoms with Crippen LogP contribution >= 0.6 is 0 Å². The number of hydrogen-bond acceptors (Lipinski definition) is 3. The summed E-state index contributed by atoms with van der Waals surface area (Å²) in [4.78, 5) is 14.7. The molecule has 2 aromatic carbocycles. The fourth-order valence-corrected chi connectivity index (χ4v) is 3.44. The highest BCUT2D eigenvalue weighted by Crippen LogP contribution is 2.26. The number of carbonyl (C=O) groups excluding carboxylic acids is 1. The predicted molar refractivity (Wildman–Crippen MR) is 102 cm³/mol. The number of rotatable bonds is 6. The molecule has 25 heavy (non-hydrogen) atoms. The van der Waals surface area contributed by atoms with Crippen molar-refractivity contribution in [1.29, 1.82) is 0 Å². The second-order valence-corrected chi connectivity index (χ2v) is 7.06. The van der Waals surface area contributed by atoms with Crippen LogP contribution in [0.1, 0.15) is 26.2 Å². The van der Waals surface area contributed by atoms with Gasteiger partial charge in [0.15, 0.2) is 6.10 Å². The van der Waals surface area contributed by atoms with Crippen molar-refractivity contribution in [2.45, 2.75) is 32.3 Å². The Bertz CT molecular complexity index is 703. The van der Waals surface area contributed by atoms with E-state index in [0.29, 0.717) is 0 Å². The minimum atomic E-state index is -0.497. The zero-order valence-electron chi connectivity index (χ0n) is 15.2. The molecule has 1 heterocycles. The molecule has 1 amide bonds. The Morgan fingerprint density at radius 3 is 2.72 bits per heavy atom. The lowest BCUT2D eigenvalue weighted by atomic mass is 9.94. The topological polar surface area (TPSA) is 41.6 Å². The number of piperidine rings is 1. The normalized spacial score (nSPS) is 17.4. The summed E-state index contributed by atoms with van der Waals surface area (Å²) >= 11 is 0. The second-order valence-electron chi connectivity index (χ2n) is 7.06. The van der Waals surface area contributed by atoms with Gasteiger partial charge in [-0.3, -0.25) is 4.79 Å². The smallest absolute Gasteiger partial charge is 0.260 e. The third-order valence-electron chi connectivity index (χ3n) is 5.11. The molecule has 0 saturated carbocycles. The molecule has 0 aliphatic carbocycles. The number of amides is 1. The van der Waals surface area contributed by atoms with Crippen LogP contribution in [0.5, 0.6) is 5.75 Å². The van der Waals surface area contributed by atoms with Gasteiger partial charge < -0.3 is 15.0 Å². The molecule has 1 aliphatic rings. The van der Waals surface area contributed by atoms with Gasteiger partial charge in [0.05, 0.1) is 0 Å². The van der Waals surface area contributed by atoms with Gasteiger partial charge in [-0.15, -0.1) is 0 Å². The van der Waals surface area contributed by atoms with Crippen LogP contribution in [0.15, 0.2) is 42.5 Å². The van der Waals surface area contributed by atoms with Gasteiger partial charge in [0.2, 0.25) is 0 Å². The van der Waals surface area contributed by atoms with Crippen LogP contribution < -0.4 is 10.1 Å². The number of hydrogen-bond donors (Lipinski definition) is 1. The van der Waals surface area contributed by atoms with Gasteiger partial charge in [-0.1, -0.05) is 36.4 Å². The van der Waals surface area contributed by atoms with Gasteiger partial charge in [0, 0.05) is 11.9 Å². The first-order valence-electron chi connectivity index (χ1n) is 9.24. The van der Waals surface area contributed by atoms with E-state index in [4.69, 9.17) is 4.74 Å². The highest BCUT2D eigenvalue weighted by molar-refractivity contribution is 5.89. The van der Waals surface area contributed by atoms with Crippen molar-refractivity contribution in [3.05, 3.63) is 42.5 Å². The Hall–Kier alpha value is -2.07. The maximum atomic E-state index is 12.3. The van der Waals surface area contributed by atoms with Gasteiger partial charge in [-0.25, -0.2) is 0 Å².